The van der Waals surface area contributed by atoms with Gasteiger partial charge in [0.15, 0.2) is 0 Å². The summed E-state index contributed by atoms with van der Waals surface area (Å²) < 4.78 is 0. The molecule has 3 nitrogen and oxygen atoms in total. The van der Waals surface area contributed by atoms with Crippen molar-refractivity contribution in [2.45, 2.75) is 39.0 Å². The first kappa shape index (κ1) is 9.71. The second-order valence-electron chi connectivity index (χ2n) is 4.36. The molecule has 1 aliphatic carbocycles. The summed E-state index contributed by atoms with van der Waals surface area (Å²) in [7, 11) is 0. The maximum atomic E-state index is 5.60. The van der Waals surface area contributed by atoms with Crippen molar-refractivity contribution in [1.82, 2.24) is 9.97 Å². The number of hydrogen-bond donors (Lipinski definition) is 2. The van der Waals surface area contributed by atoms with Crippen LogP contribution in [0.15, 0.2) is 0 Å². The summed E-state index contributed by atoms with van der Waals surface area (Å²) in [6.07, 6.45) is 5.93. The van der Waals surface area contributed by atoms with E-state index in [0.717, 1.165) is 25.2 Å². The normalized spacial score (nSPS) is 17.9. The highest BCUT2D eigenvalue weighted by Gasteiger charge is 2.14. The molecule has 1 aliphatic rings. The van der Waals surface area contributed by atoms with Gasteiger partial charge in [-0.3, -0.25) is 0 Å². The lowest BCUT2D eigenvalue weighted by Gasteiger charge is -2.07. The van der Waals surface area contributed by atoms with Gasteiger partial charge in [0.1, 0.15) is 5.82 Å². The van der Waals surface area contributed by atoms with Crippen molar-refractivity contribution in [2.24, 2.45) is 11.7 Å². The van der Waals surface area contributed by atoms with Gasteiger partial charge in [0.05, 0.1) is 5.69 Å². The van der Waals surface area contributed by atoms with E-state index in [2.05, 4.69) is 16.9 Å². The molecule has 0 bridgehead atoms. The molecule has 2 rings (SSSR count). The zero-order chi connectivity index (χ0) is 9.97. The molecule has 1 heterocycles. The number of H-pyrrole nitrogens is 1. The van der Waals surface area contributed by atoms with Crippen LogP contribution in [0.1, 0.15) is 37.0 Å². The van der Waals surface area contributed by atoms with Crippen LogP contribution < -0.4 is 5.73 Å². The van der Waals surface area contributed by atoms with Gasteiger partial charge in [0.25, 0.3) is 0 Å². The fraction of sp³-hybridized carbons (Fsp3) is 0.727. The van der Waals surface area contributed by atoms with Crippen molar-refractivity contribution in [3.63, 3.8) is 0 Å². The molecule has 0 fully saturated rings. The van der Waals surface area contributed by atoms with Crippen LogP contribution in [0.25, 0.3) is 0 Å². The topological polar surface area (TPSA) is 54.7 Å². The summed E-state index contributed by atoms with van der Waals surface area (Å²) in [5, 5.41) is 0. The van der Waals surface area contributed by atoms with Crippen LogP contribution in [0.2, 0.25) is 0 Å². The number of fused-ring (bicyclic) bond motifs is 1. The monoisotopic (exact) mass is 193 g/mol. The summed E-state index contributed by atoms with van der Waals surface area (Å²) >= 11 is 0. The van der Waals surface area contributed by atoms with E-state index in [4.69, 9.17) is 5.73 Å². The molecule has 0 saturated carbocycles. The molecule has 3 heteroatoms. The van der Waals surface area contributed by atoms with Crippen LogP contribution in [0.5, 0.6) is 0 Å². The molecule has 1 unspecified atom stereocenters. The molecular formula is C11H19N3. The predicted octanol–water partition coefficient (Wildman–Crippen LogP) is 1.43. The number of aromatic amines is 1. The Kier molecular flexibility index (Phi) is 2.87. The van der Waals surface area contributed by atoms with Crippen LogP contribution in [0.4, 0.5) is 0 Å². The summed E-state index contributed by atoms with van der Waals surface area (Å²) in [4.78, 5) is 8.06. The van der Waals surface area contributed by atoms with Gasteiger partial charge >= 0.3 is 0 Å². The van der Waals surface area contributed by atoms with Gasteiger partial charge in [-0.15, -0.1) is 0 Å². The Morgan fingerprint density at radius 3 is 2.93 bits per heavy atom. The fourth-order valence-electron chi connectivity index (χ4n) is 2.02. The SMILES string of the molecule is CC(CN)Cc1nc2c([nH]1)CCCC2. The van der Waals surface area contributed by atoms with E-state index in [-0.39, 0.29) is 0 Å². The van der Waals surface area contributed by atoms with Crippen molar-refractivity contribution >= 4 is 0 Å². The molecule has 14 heavy (non-hydrogen) atoms. The molecular weight excluding hydrogens is 174 g/mol. The van der Waals surface area contributed by atoms with Crippen LogP contribution in [-0.2, 0) is 19.3 Å². The minimum absolute atomic E-state index is 0.530. The summed E-state index contributed by atoms with van der Waals surface area (Å²) in [6, 6.07) is 0. The minimum atomic E-state index is 0.530. The first-order valence-corrected chi connectivity index (χ1v) is 5.56. The smallest absolute Gasteiger partial charge is 0.106 e. The van der Waals surface area contributed by atoms with E-state index in [1.807, 2.05) is 0 Å². The van der Waals surface area contributed by atoms with Gasteiger partial charge in [-0.2, -0.15) is 0 Å². The zero-order valence-corrected chi connectivity index (χ0v) is 8.84. The average Bonchev–Trinajstić information content (AvgIpc) is 2.59. The molecule has 1 aromatic rings. The van der Waals surface area contributed by atoms with Crippen molar-refractivity contribution < 1.29 is 0 Å². The Morgan fingerprint density at radius 2 is 2.21 bits per heavy atom. The summed E-state index contributed by atoms with van der Waals surface area (Å²) in [6.45, 7) is 2.91. The molecule has 0 amide bonds. The number of nitrogens with one attached hydrogen (secondary N) is 1. The van der Waals surface area contributed by atoms with Gasteiger partial charge in [-0.25, -0.2) is 4.98 Å². The number of aromatic nitrogens is 2. The van der Waals surface area contributed by atoms with Gasteiger partial charge in [0.2, 0.25) is 0 Å². The van der Waals surface area contributed by atoms with E-state index >= 15 is 0 Å². The van der Waals surface area contributed by atoms with Gasteiger partial charge in [-0.05, 0) is 38.1 Å². The second-order valence-corrected chi connectivity index (χ2v) is 4.36. The lowest BCUT2D eigenvalue weighted by Crippen LogP contribution is -2.13. The number of nitrogens with two attached hydrogens (primary N) is 1. The predicted molar refractivity (Wildman–Crippen MR) is 57.2 cm³/mol. The van der Waals surface area contributed by atoms with E-state index in [1.165, 1.54) is 30.7 Å². The molecule has 0 aromatic carbocycles. The number of rotatable bonds is 3. The van der Waals surface area contributed by atoms with Crippen LogP contribution in [-0.4, -0.2) is 16.5 Å². The van der Waals surface area contributed by atoms with Crippen molar-refractivity contribution in [2.75, 3.05) is 6.54 Å². The fourth-order valence-corrected chi connectivity index (χ4v) is 2.02. The highest BCUT2D eigenvalue weighted by Crippen LogP contribution is 2.19. The average molecular weight is 193 g/mol. The number of hydrogen-bond acceptors (Lipinski definition) is 2. The Labute approximate surface area is 85.1 Å². The lowest BCUT2D eigenvalue weighted by molar-refractivity contribution is 0.576. The lowest BCUT2D eigenvalue weighted by atomic mass is 10.0. The van der Waals surface area contributed by atoms with E-state index in [9.17, 15) is 0 Å². The van der Waals surface area contributed by atoms with E-state index in [0.29, 0.717) is 5.92 Å². The highest BCUT2D eigenvalue weighted by molar-refractivity contribution is 5.17. The van der Waals surface area contributed by atoms with Crippen molar-refractivity contribution in [1.29, 1.82) is 0 Å². The number of imidazole rings is 1. The van der Waals surface area contributed by atoms with Crippen LogP contribution in [0, 0.1) is 5.92 Å². The minimum Gasteiger partial charge on any atom is -0.346 e. The molecule has 3 N–H and O–H groups in total. The highest BCUT2D eigenvalue weighted by atomic mass is 14.9. The molecule has 1 aromatic heterocycles. The first-order valence-electron chi connectivity index (χ1n) is 5.56. The third kappa shape index (κ3) is 1.98. The van der Waals surface area contributed by atoms with E-state index in [1.54, 1.807) is 0 Å². The van der Waals surface area contributed by atoms with E-state index < -0.39 is 0 Å². The Balaban J connectivity index is 2.08. The summed E-state index contributed by atoms with van der Waals surface area (Å²) in [5.41, 5.74) is 8.27. The molecule has 1 atom stereocenters. The van der Waals surface area contributed by atoms with Gasteiger partial charge < -0.3 is 10.7 Å². The Bertz CT molecular complexity index is 280. The molecule has 0 saturated heterocycles. The molecule has 0 radical (unpaired) electrons. The zero-order valence-electron chi connectivity index (χ0n) is 8.84. The largest absolute Gasteiger partial charge is 0.346 e. The maximum absolute atomic E-state index is 5.60. The number of aryl methyl sites for hydroxylation is 2. The number of nitrogens with zero attached hydrogens (tertiary/aromatic N) is 1. The quantitative estimate of drug-likeness (QED) is 0.763. The Hall–Kier alpha value is -0.830. The maximum Gasteiger partial charge on any atom is 0.106 e. The molecule has 78 valence electrons. The van der Waals surface area contributed by atoms with Crippen molar-refractivity contribution in [3.8, 4) is 0 Å². The van der Waals surface area contributed by atoms with Crippen molar-refractivity contribution in [3.05, 3.63) is 17.2 Å². The van der Waals surface area contributed by atoms with Crippen LogP contribution >= 0.6 is 0 Å². The molecule has 0 aliphatic heterocycles. The van der Waals surface area contributed by atoms with Crippen LogP contribution in [0.3, 0.4) is 0 Å². The summed E-state index contributed by atoms with van der Waals surface area (Å²) in [5.74, 6) is 1.66. The Morgan fingerprint density at radius 1 is 1.43 bits per heavy atom. The van der Waals surface area contributed by atoms with Gasteiger partial charge in [-0.1, -0.05) is 6.92 Å². The second kappa shape index (κ2) is 4.13. The van der Waals surface area contributed by atoms with Gasteiger partial charge in [0, 0.05) is 12.1 Å². The third-order valence-corrected chi connectivity index (χ3v) is 2.95. The first-order chi connectivity index (χ1) is 6.79. The molecule has 0 spiro atoms. The third-order valence-electron chi connectivity index (χ3n) is 2.95. The standard InChI is InChI=1S/C11H19N3/c1-8(7-12)6-11-13-9-4-2-3-5-10(9)14-11/h8H,2-7,12H2,1H3,(H,13,14).